The SMILES string of the molecule is CC(C)C1CCN(C(=O)c2cc(F)ccc2O)CC1. The Kier molecular flexibility index (Phi) is 4.08. The summed E-state index contributed by atoms with van der Waals surface area (Å²) in [6.45, 7) is 5.75. The van der Waals surface area contributed by atoms with Gasteiger partial charge in [0.2, 0.25) is 0 Å². The standard InChI is InChI=1S/C15H20FNO2/c1-10(2)11-5-7-17(8-6-11)15(19)13-9-12(16)3-4-14(13)18/h3-4,9-11,18H,5-8H2,1-2H3. The molecule has 0 bridgehead atoms. The van der Waals surface area contributed by atoms with Crippen molar-refractivity contribution >= 4 is 5.91 Å². The van der Waals surface area contributed by atoms with Crippen LogP contribution in [0.4, 0.5) is 4.39 Å². The Morgan fingerprint density at radius 1 is 1.37 bits per heavy atom. The number of benzene rings is 1. The van der Waals surface area contributed by atoms with Crippen LogP contribution >= 0.6 is 0 Å². The van der Waals surface area contributed by atoms with Crippen molar-refractivity contribution in [3.05, 3.63) is 29.6 Å². The molecule has 2 rings (SSSR count). The average molecular weight is 265 g/mol. The number of piperidine rings is 1. The fourth-order valence-corrected chi connectivity index (χ4v) is 2.62. The summed E-state index contributed by atoms with van der Waals surface area (Å²) in [6, 6.07) is 3.48. The molecular formula is C15H20FNO2. The van der Waals surface area contributed by atoms with E-state index in [1.165, 1.54) is 6.07 Å². The van der Waals surface area contributed by atoms with Crippen LogP contribution in [-0.2, 0) is 0 Å². The van der Waals surface area contributed by atoms with Gasteiger partial charge in [0.1, 0.15) is 11.6 Å². The van der Waals surface area contributed by atoms with Gasteiger partial charge in [-0.1, -0.05) is 13.8 Å². The summed E-state index contributed by atoms with van der Waals surface area (Å²) < 4.78 is 13.2. The highest BCUT2D eigenvalue weighted by Gasteiger charge is 2.26. The first-order chi connectivity index (χ1) is 8.99. The molecule has 0 aromatic heterocycles. The number of carbonyl (C=O) groups excluding carboxylic acids is 1. The van der Waals surface area contributed by atoms with E-state index < -0.39 is 5.82 Å². The number of hydrogen-bond donors (Lipinski definition) is 1. The number of nitrogens with zero attached hydrogens (tertiary/aromatic N) is 1. The van der Waals surface area contributed by atoms with Crippen molar-refractivity contribution in [3.63, 3.8) is 0 Å². The van der Waals surface area contributed by atoms with Crippen molar-refractivity contribution < 1.29 is 14.3 Å². The lowest BCUT2D eigenvalue weighted by molar-refractivity contribution is 0.0664. The number of carbonyl (C=O) groups is 1. The van der Waals surface area contributed by atoms with Gasteiger partial charge in [-0.15, -0.1) is 0 Å². The molecule has 0 radical (unpaired) electrons. The molecule has 1 aromatic carbocycles. The average Bonchev–Trinajstić information content (AvgIpc) is 2.41. The Morgan fingerprint density at radius 2 is 2.00 bits per heavy atom. The zero-order valence-corrected chi connectivity index (χ0v) is 11.4. The normalized spacial score (nSPS) is 16.9. The first-order valence-electron chi connectivity index (χ1n) is 6.77. The van der Waals surface area contributed by atoms with Crippen molar-refractivity contribution in [3.8, 4) is 5.75 Å². The highest BCUT2D eigenvalue weighted by Crippen LogP contribution is 2.27. The number of phenols is 1. The van der Waals surface area contributed by atoms with Crippen molar-refractivity contribution in [1.82, 2.24) is 4.90 Å². The number of likely N-dealkylation sites (tertiary alicyclic amines) is 1. The monoisotopic (exact) mass is 265 g/mol. The molecule has 0 aliphatic carbocycles. The van der Waals surface area contributed by atoms with Crippen LogP contribution in [0.15, 0.2) is 18.2 Å². The summed E-state index contributed by atoms with van der Waals surface area (Å²) >= 11 is 0. The van der Waals surface area contributed by atoms with E-state index in [9.17, 15) is 14.3 Å². The van der Waals surface area contributed by atoms with Crippen LogP contribution < -0.4 is 0 Å². The van der Waals surface area contributed by atoms with Crippen LogP contribution in [-0.4, -0.2) is 29.0 Å². The summed E-state index contributed by atoms with van der Waals surface area (Å²) in [7, 11) is 0. The minimum Gasteiger partial charge on any atom is -0.507 e. The summed E-state index contributed by atoms with van der Waals surface area (Å²) in [5.41, 5.74) is 0.0583. The smallest absolute Gasteiger partial charge is 0.257 e. The molecule has 1 saturated heterocycles. The molecule has 0 saturated carbocycles. The van der Waals surface area contributed by atoms with E-state index in [0.717, 1.165) is 25.0 Å². The molecule has 3 nitrogen and oxygen atoms in total. The van der Waals surface area contributed by atoms with Gasteiger partial charge >= 0.3 is 0 Å². The fraction of sp³-hybridized carbons (Fsp3) is 0.533. The number of rotatable bonds is 2. The quantitative estimate of drug-likeness (QED) is 0.893. The topological polar surface area (TPSA) is 40.5 Å². The van der Waals surface area contributed by atoms with Gasteiger partial charge in [-0.3, -0.25) is 4.79 Å². The van der Waals surface area contributed by atoms with Gasteiger partial charge in [-0.2, -0.15) is 0 Å². The van der Waals surface area contributed by atoms with Crippen LogP contribution in [0.5, 0.6) is 5.75 Å². The molecule has 0 atom stereocenters. The lowest BCUT2D eigenvalue weighted by atomic mass is 9.86. The van der Waals surface area contributed by atoms with E-state index in [-0.39, 0.29) is 17.2 Å². The lowest BCUT2D eigenvalue weighted by Crippen LogP contribution is -2.39. The number of hydrogen-bond acceptors (Lipinski definition) is 2. The summed E-state index contributed by atoms with van der Waals surface area (Å²) in [4.78, 5) is 14.0. The van der Waals surface area contributed by atoms with Crippen molar-refractivity contribution in [2.75, 3.05) is 13.1 Å². The van der Waals surface area contributed by atoms with E-state index >= 15 is 0 Å². The maximum atomic E-state index is 13.2. The lowest BCUT2D eigenvalue weighted by Gasteiger charge is -2.34. The summed E-state index contributed by atoms with van der Waals surface area (Å²) in [5.74, 6) is 0.333. The van der Waals surface area contributed by atoms with Gasteiger partial charge < -0.3 is 10.0 Å². The zero-order chi connectivity index (χ0) is 14.0. The molecular weight excluding hydrogens is 245 g/mol. The highest BCUT2D eigenvalue weighted by molar-refractivity contribution is 5.96. The third-order valence-electron chi connectivity index (χ3n) is 3.96. The Hall–Kier alpha value is -1.58. The van der Waals surface area contributed by atoms with E-state index in [2.05, 4.69) is 13.8 Å². The molecule has 19 heavy (non-hydrogen) atoms. The van der Waals surface area contributed by atoms with E-state index in [1.54, 1.807) is 4.90 Å². The predicted octanol–water partition coefficient (Wildman–Crippen LogP) is 3.04. The molecule has 1 aliphatic heterocycles. The second-order valence-electron chi connectivity index (χ2n) is 5.54. The Labute approximate surface area is 113 Å². The molecule has 1 aromatic rings. The molecule has 0 spiro atoms. The summed E-state index contributed by atoms with van der Waals surface area (Å²) in [5, 5.41) is 9.66. The first kappa shape index (κ1) is 13.8. The first-order valence-corrected chi connectivity index (χ1v) is 6.77. The molecule has 4 heteroatoms. The molecule has 1 N–H and O–H groups in total. The van der Waals surface area contributed by atoms with Crippen LogP contribution in [0, 0.1) is 17.7 Å². The second-order valence-corrected chi connectivity index (χ2v) is 5.54. The second kappa shape index (κ2) is 5.59. The van der Waals surface area contributed by atoms with Crippen LogP contribution in [0.3, 0.4) is 0 Å². The molecule has 0 unspecified atom stereocenters. The van der Waals surface area contributed by atoms with Gasteiger partial charge in [0.05, 0.1) is 5.56 Å². The van der Waals surface area contributed by atoms with Gasteiger partial charge in [0.25, 0.3) is 5.91 Å². The minimum absolute atomic E-state index is 0.0583. The van der Waals surface area contributed by atoms with Crippen molar-refractivity contribution in [2.24, 2.45) is 11.8 Å². The maximum absolute atomic E-state index is 13.2. The number of aromatic hydroxyl groups is 1. The Morgan fingerprint density at radius 3 is 2.58 bits per heavy atom. The van der Waals surface area contributed by atoms with Crippen LogP contribution in [0.1, 0.15) is 37.0 Å². The number of amides is 1. The molecule has 1 aliphatic rings. The Bertz CT molecular complexity index is 465. The van der Waals surface area contributed by atoms with Gasteiger partial charge in [0.15, 0.2) is 0 Å². The molecule has 1 fully saturated rings. The highest BCUT2D eigenvalue weighted by atomic mass is 19.1. The van der Waals surface area contributed by atoms with E-state index in [4.69, 9.17) is 0 Å². The Balaban J connectivity index is 2.07. The van der Waals surface area contributed by atoms with E-state index in [0.29, 0.717) is 24.9 Å². The van der Waals surface area contributed by atoms with E-state index in [1.807, 2.05) is 0 Å². The third-order valence-corrected chi connectivity index (χ3v) is 3.96. The summed E-state index contributed by atoms with van der Waals surface area (Å²) in [6.07, 6.45) is 1.94. The minimum atomic E-state index is -0.502. The number of halogens is 1. The van der Waals surface area contributed by atoms with Crippen LogP contribution in [0.25, 0.3) is 0 Å². The van der Waals surface area contributed by atoms with Gasteiger partial charge in [-0.05, 0) is 42.9 Å². The third kappa shape index (κ3) is 3.06. The molecule has 1 amide bonds. The van der Waals surface area contributed by atoms with Gasteiger partial charge in [-0.25, -0.2) is 4.39 Å². The maximum Gasteiger partial charge on any atom is 0.257 e. The van der Waals surface area contributed by atoms with Crippen molar-refractivity contribution in [2.45, 2.75) is 26.7 Å². The zero-order valence-electron chi connectivity index (χ0n) is 11.4. The number of phenolic OH excluding ortho intramolecular Hbond substituents is 1. The molecule has 1 heterocycles. The largest absolute Gasteiger partial charge is 0.507 e. The molecule has 104 valence electrons. The fourth-order valence-electron chi connectivity index (χ4n) is 2.62. The van der Waals surface area contributed by atoms with Crippen molar-refractivity contribution in [1.29, 1.82) is 0 Å². The van der Waals surface area contributed by atoms with Crippen LogP contribution in [0.2, 0.25) is 0 Å². The predicted molar refractivity (Wildman–Crippen MR) is 71.5 cm³/mol. The van der Waals surface area contributed by atoms with Gasteiger partial charge in [0, 0.05) is 13.1 Å².